The lowest BCUT2D eigenvalue weighted by molar-refractivity contribution is -0.117. The number of benzene rings is 2. The average molecular weight is 403 g/mol. The molecule has 2 N–H and O–H groups in total. The first-order valence-electron chi connectivity index (χ1n) is 9.01. The van der Waals surface area contributed by atoms with Crippen LogP contribution >= 0.6 is 0 Å². The Kier molecular flexibility index (Phi) is 6.61. The van der Waals surface area contributed by atoms with Gasteiger partial charge in [-0.15, -0.1) is 0 Å². The van der Waals surface area contributed by atoms with E-state index in [9.17, 15) is 18.0 Å². The van der Waals surface area contributed by atoms with Gasteiger partial charge in [0.2, 0.25) is 5.91 Å². The monoisotopic (exact) mass is 402 g/mol. The zero-order valence-corrected chi connectivity index (χ0v) is 17.4. The molecule has 150 valence electrons. The molecule has 0 heterocycles. The Hall–Kier alpha value is -2.67. The molecule has 0 aliphatic rings. The van der Waals surface area contributed by atoms with Crippen molar-refractivity contribution in [1.82, 2.24) is 4.72 Å². The van der Waals surface area contributed by atoms with E-state index in [0.717, 1.165) is 25.3 Å². The zero-order valence-electron chi connectivity index (χ0n) is 16.6. The van der Waals surface area contributed by atoms with Gasteiger partial charge in [-0.1, -0.05) is 45.0 Å². The molecule has 0 atom stereocenters. The summed E-state index contributed by atoms with van der Waals surface area (Å²) in [6.45, 7) is 7.66. The fourth-order valence-electron chi connectivity index (χ4n) is 2.59. The smallest absolute Gasteiger partial charge is 0.266 e. The number of carbonyl (C=O) groups is 2. The number of hydrogen-bond acceptors (Lipinski definition) is 4. The van der Waals surface area contributed by atoms with Crippen molar-refractivity contribution in [2.75, 3.05) is 5.32 Å². The molecule has 0 unspecified atom stereocenters. The van der Waals surface area contributed by atoms with Crippen LogP contribution in [-0.2, 0) is 21.2 Å². The molecule has 2 rings (SSSR count). The Morgan fingerprint density at radius 1 is 0.964 bits per heavy atom. The number of hydrogen-bond donors (Lipinski definition) is 2. The quantitative estimate of drug-likeness (QED) is 0.770. The minimum Gasteiger partial charge on any atom is -0.321 e. The lowest BCUT2D eigenvalue weighted by Crippen LogP contribution is -2.29. The lowest BCUT2D eigenvalue weighted by Gasteiger charge is -2.17. The van der Waals surface area contributed by atoms with Gasteiger partial charge < -0.3 is 5.32 Å². The van der Waals surface area contributed by atoms with Crippen molar-refractivity contribution in [3.05, 3.63) is 59.7 Å². The number of aryl methyl sites for hydroxylation is 1. The van der Waals surface area contributed by atoms with Gasteiger partial charge in [0.25, 0.3) is 15.9 Å². The molecule has 2 aromatic carbocycles. The molecule has 0 spiro atoms. The summed E-state index contributed by atoms with van der Waals surface area (Å²) in [4.78, 5) is 23.5. The first-order chi connectivity index (χ1) is 13.0. The molecule has 0 fully saturated rings. The summed E-state index contributed by atoms with van der Waals surface area (Å²) in [6, 6.07) is 13.2. The van der Waals surface area contributed by atoms with Crippen molar-refractivity contribution in [2.24, 2.45) is 5.41 Å². The van der Waals surface area contributed by atoms with E-state index >= 15 is 0 Å². The van der Waals surface area contributed by atoms with Crippen LogP contribution in [-0.4, -0.2) is 20.2 Å². The molecule has 0 saturated heterocycles. The second kappa shape index (κ2) is 8.56. The van der Waals surface area contributed by atoms with E-state index in [-0.39, 0.29) is 16.0 Å². The highest BCUT2D eigenvalue weighted by molar-refractivity contribution is 7.90. The number of nitrogens with one attached hydrogen (secondary N) is 2. The highest BCUT2D eigenvalue weighted by Gasteiger charge is 2.21. The number of rotatable bonds is 6. The van der Waals surface area contributed by atoms with Crippen LogP contribution < -0.4 is 10.0 Å². The van der Waals surface area contributed by atoms with Gasteiger partial charge in [0, 0.05) is 12.5 Å². The van der Waals surface area contributed by atoms with Gasteiger partial charge in [0.1, 0.15) is 4.90 Å². The van der Waals surface area contributed by atoms with Crippen molar-refractivity contribution in [2.45, 2.75) is 45.4 Å². The minimum absolute atomic E-state index is 0.109. The van der Waals surface area contributed by atoms with Crippen LogP contribution in [0, 0.1) is 5.41 Å². The van der Waals surface area contributed by atoms with Gasteiger partial charge in [0.05, 0.1) is 5.69 Å². The summed E-state index contributed by atoms with van der Waals surface area (Å²) >= 11 is 0. The largest absolute Gasteiger partial charge is 0.321 e. The zero-order chi connectivity index (χ0) is 20.9. The Bertz CT molecular complexity index is 959. The molecule has 0 aromatic heterocycles. The fraction of sp³-hybridized carbons (Fsp3) is 0.333. The van der Waals surface area contributed by atoms with Crippen LogP contribution in [0.5, 0.6) is 0 Å². The summed E-state index contributed by atoms with van der Waals surface area (Å²) in [5.74, 6) is -1.13. The molecular weight excluding hydrogens is 376 g/mol. The molecule has 0 bridgehead atoms. The molecular formula is C21H26N2O4S. The first kappa shape index (κ1) is 21.6. The Balaban J connectivity index is 2.17. The summed E-state index contributed by atoms with van der Waals surface area (Å²) < 4.78 is 26.5. The van der Waals surface area contributed by atoms with E-state index in [1.807, 2.05) is 16.9 Å². The van der Waals surface area contributed by atoms with E-state index in [1.165, 1.54) is 18.2 Å². The number of carbonyl (C=O) groups excluding carboxylic acids is 2. The van der Waals surface area contributed by atoms with E-state index in [4.69, 9.17) is 0 Å². The highest BCUT2D eigenvalue weighted by atomic mass is 32.2. The van der Waals surface area contributed by atoms with Crippen molar-refractivity contribution in [3.8, 4) is 0 Å². The SMILES string of the molecule is CC(=O)NS(=O)(=O)c1ccccc1NC(=O)c1ccc(CCC(C)(C)C)cc1. The average Bonchev–Trinajstić information content (AvgIpc) is 2.59. The van der Waals surface area contributed by atoms with Crippen LogP contribution in [0.15, 0.2) is 53.4 Å². The predicted molar refractivity (Wildman–Crippen MR) is 110 cm³/mol. The molecule has 7 heteroatoms. The van der Waals surface area contributed by atoms with Gasteiger partial charge in [0.15, 0.2) is 0 Å². The van der Waals surface area contributed by atoms with Crippen LogP contribution in [0.4, 0.5) is 5.69 Å². The van der Waals surface area contributed by atoms with Crippen molar-refractivity contribution in [1.29, 1.82) is 0 Å². The molecule has 2 amide bonds. The minimum atomic E-state index is -4.06. The van der Waals surface area contributed by atoms with Gasteiger partial charge in [-0.05, 0) is 48.1 Å². The first-order valence-corrected chi connectivity index (χ1v) is 10.5. The number of sulfonamides is 1. The third-order valence-electron chi connectivity index (χ3n) is 4.08. The van der Waals surface area contributed by atoms with Gasteiger partial charge in [-0.25, -0.2) is 13.1 Å². The third-order valence-corrected chi connectivity index (χ3v) is 5.57. The number of para-hydroxylation sites is 1. The van der Waals surface area contributed by atoms with E-state index < -0.39 is 21.8 Å². The summed E-state index contributed by atoms with van der Waals surface area (Å²) in [7, 11) is -4.06. The Morgan fingerprint density at radius 3 is 2.14 bits per heavy atom. The molecule has 6 nitrogen and oxygen atoms in total. The van der Waals surface area contributed by atoms with Crippen molar-refractivity contribution in [3.63, 3.8) is 0 Å². The van der Waals surface area contributed by atoms with Gasteiger partial charge in [-0.2, -0.15) is 0 Å². The van der Waals surface area contributed by atoms with Gasteiger partial charge in [-0.3, -0.25) is 9.59 Å². The van der Waals surface area contributed by atoms with Crippen LogP contribution in [0.1, 0.15) is 50.0 Å². The maximum Gasteiger partial charge on any atom is 0.266 e. The summed E-state index contributed by atoms with van der Waals surface area (Å²) in [5.41, 5.74) is 1.91. The van der Waals surface area contributed by atoms with E-state index in [1.54, 1.807) is 18.2 Å². The Labute approximate surface area is 166 Å². The highest BCUT2D eigenvalue weighted by Crippen LogP contribution is 2.23. The fourth-order valence-corrected chi connectivity index (χ4v) is 3.74. The Morgan fingerprint density at radius 2 is 1.57 bits per heavy atom. The van der Waals surface area contributed by atoms with Crippen molar-refractivity contribution < 1.29 is 18.0 Å². The van der Waals surface area contributed by atoms with Crippen LogP contribution in [0.3, 0.4) is 0 Å². The number of amides is 2. The van der Waals surface area contributed by atoms with Gasteiger partial charge >= 0.3 is 0 Å². The molecule has 0 saturated carbocycles. The third kappa shape index (κ3) is 6.20. The second-order valence-corrected chi connectivity index (χ2v) is 9.52. The van der Waals surface area contributed by atoms with E-state index in [0.29, 0.717) is 5.56 Å². The molecule has 0 radical (unpaired) electrons. The normalized spacial score (nSPS) is 11.7. The molecule has 2 aromatic rings. The molecule has 0 aliphatic heterocycles. The van der Waals surface area contributed by atoms with Crippen molar-refractivity contribution >= 4 is 27.5 Å². The summed E-state index contributed by atoms with van der Waals surface area (Å²) in [5, 5.41) is 2.61. The second-order valence-electron chi connectivity index (χ2n) is 7.87. The standard InChI is InChI=1S/C21H26N2O4S/c1-15(24)23-28(26,27)19-8-6-5-7-18(19)22-20(25)17-11-9-16(10-12-17)13-14-21(2,3)4/h5-12H,13-14H2,1-4H3,(H,22,25)(H,23,24). The maximum atomic E-state index is 12.6. The molecule has 0 aliphatic carbocycles. The molecule has 28 heavy (non-hydrogen) atoms. The van der Waals surface area contributed by atoms with Crippen LogP contribution in [0.25, 0.3) is 0 Å². The number of anilines is 1. The summed E-state index contributed by atoms with van der Waals surface area (Å²) in [6.07, 6.45) is 1.95. The van der Waals surface area contributed by atoms with Crippen LogP contribution in [0.2, 0.25) is 0 Å². The predicted octanol–water partition coefficient (Wildman–Crippen LogP) is 3.74. The van der Waals surface area contributed by atoms with E-state index in [2.05, 4.69) is 26.1 Å². The maximum absolute atomic E-state index is 12.6. The topological polar surface area (TPSA) is 92.3 Å². The lowest BCUT2D eigenvalue weighted by atomic mass is 9.88.